The van der Waals surface area contributed by atoms with Crippen LogP contribution in [0.15, 0.2) is 5.38 Å². The fraction of sp³-hybridized carbons (Fsp3) is 0.600. The van der Waals surface area contributed by atoms with Crippen LogP contribution in [0.5, 0.6) is 0 Å². The lowest BCUT2D eigenvalue weighted by Crippen LogP contribution is -2.27. The van der Waals surface area contributed by atoms with Gasteiger partial charge in [-0.15, -0.1) is 11.3 Å². The number of carbonyl (C=O) groups is 2. The standard InChI is InChI=1S/C15H21NO3S/c1-5-19-15(18)12-11(9(2)3)8-20-14(12)16-7-6-10(4)13(16)17/h8-10H,5-7H2,1-4H3. The number of nitrogens with zero attached hydrogens (tertiary/aromatic N) is 1. The molecule has 2 heterocycles. The molecule has 1 aromatic rings. The molecule has 1 unspecified atom stereocenters. The van der Waals surface area contributed by atoms with E-state index in [1.165, 1.54) is 11.3 Å². The van der Waals surface area contributed by atoms with Gasteiger partial charge in [0.1, 0.15) is 5.00 Å². The number of ether oxygens (including phenoxy) is 1. The molecule has 0 bridgehead atoms. The van der Waals surface area contributed by atoms with E-state index in [-0.39, 0.29) is 23.7 Å². The number of esters is 1. The fourth-order valence-electron chi connectivity index (χ4n) is 2.42. The number of rotatable bonds is 4. The van der Waals surface area contributed by atoms with Crippen molar-refractivity contribution < 1.29 is 14.3 Å². The Hall–Kier alpha value is -1.36. The minimum absolute atomic E-state index is 0.0367. The van der Waals surface area contributed by atoms with E-state index >= 15 is 0 Å². The minimum atomic E-state index is -0.320. The second-order valence-electron chi connectivity index (χ2n) is 5.43. The molecule has 2 rings (SSSR count). The van der Waals surface area contributed by atoms with Gasteiger partial charge in [0, 0.05) is 12.5 Å². The Morgan fingerprint density at radius 3 is 2.75 bits per heavy atom. The smallest absolute Gasteiger partial charge is 0.341 e. The predicted octanol–water partition coefficient (Wildman–Crippen LogP) is 3.42. The zero-order valence-electron chi connectivity index (χ0n) is 12.4. The van der Waals surface area contributed by atoms with Crippen molar-refractivity contribution in [1.29, 1.82) is 0 Å². The average Bonchev–Trinajstić information content (AvgIpc) is 2.95. The van der Waals surface area contributed by atoms with Gasteiger partial charge in [-0.3, -0.25) is 4.79 Å². The van der Waals surface area contributed by atoms with Crippen LogP contribution in [0.3, 0.4) is 0 Å². The van der Waals surface area contributed by atoms with Crippen LogP contribution in [0.4, 0.5) is 5.00 Å². The third-order valence-corrected chi connectivity index (χ3v) is 4.64. The normalized spacial score (nSPS) is 18.9. The van der Waals surface area contributed by atoms with E-state index in [9.17, 15) is 9.59 Å². The lowest BCUT2D eigenvalue weighted by atomic mass is 10.0. The van der Waals surface area contributed by atoms with E-state index in [2.05, 4.69) is 0 Å². The number of carbonyl (C=O) groups excluding carboxylic acids is 2. The van der Waals surface area contributed by atoms with Gasteiger partial charge in [0.2, 0.25) is 5.91 Å². The summed E-state index contributed by atoms with van der Waals surface area (Å²) in [5.74, 6) is 0.0525. The summed E-state index contributed by atoms with van der Waals surface area (Å²) in [6, 6.07) is 0. The van der Waals surface area contributed by atoms with Gasteiger partial charge in [0.05, 0.1) is 12.2 Å². The van der Waals surface area contributed by atoms with Crippen LogP contribution in [0.2, 0.25) is 0 Å². The number of hydrogen-bond donors (Lipinski definition) is 0. The molecule has 1 atom stereocenters. The summed E-state index contributed by atoms with van der Waals surface area (Å²) in [5, 5.41) is 2.73. The van der Waals surface area contributed by atoms with Crippen molar-refractivity contribution in [3.8, 4) is 0 Å². The van der Waals surface area contributed by atoms with Gasteiger partial charge in [-0.1, -0.05) is 20.8 Å². The summed E-state index contributed by atoms with van der Waals surface area (Å²) in [6.45, 7) is 8.85. The second-order valence-corrected chi connectivity index (χ2v) is 6.28. The van der Waals surface area contributed by atoms with Crippen molar-refractivity contribution in [3.05, 3.63) is 16.5 Å². The van der Waals surface area contributed by atoms with Gasteiger partial charge in [-0.2, -0.15) is 0 Å². The molecule has 0 saturated carbocycles. The average molecular weight is 295 g/mol. The zero-order valence-corrected chi connectivity index (χ0v) is 13.3. The molecule has 1 amide bonds. The molecule has 0 aromatic carbocycles. The molecule has 0 aliphatic carbocycles. The third kappa shape index (κ3) is 2.59. The van der Waals surface area contributed by atoms with Crippen LogP contribution in [0.25, 0.3) is 0 Å². The highest BCUT2D eigenvalue weighted by Gasteiger charge is 2.34. The van der Waals surface area contributed by atoms with E-state index in [0.717, 1.165) is 17.0 Å². The molecule has 5 heteroatoms. The molecule has 1 aliphatic heterocycles. The molecular weight excluding hydrogens is 274 g/mol. The van der Waals surface area contributed by atoms with Gasteiger partial charge >= 0.3 is 5.97 Å². The highest BCUT2D eigenvalue weighted by Crippen LogP contribution is 2.38. The van der Waals surface area contributed by atoms with Gasteiger partial charge < -0.3 is 9.64 Å². The van der Waals surface area contributed by atoms with Crippen molar-refractivity contribution in [2.45, 2.75) is 40.0 Å². The summed E-state index contributed by atoms with van der Waals surface area (Å²) < 4.78 is 5.17. The highest BCUT2D eigenvalue weighted by molar-refractivity contribution is 7.15. The van der Waals surface area contributed by atoms with E-state index in [0.29, 0.717) is 18.7 Å². The van der Waals surface area contributed by atoms with Crippen molar-refractivity contribution in [1.82, 2.24) is 0 Å². The van der Waals surface area contributed by atoms with Gasteiger partial charge in [-0.05, 0) is 30.2 Å². The Labute approximate surface area is 123 Å². The maximum absolute atomic E-state index is 12.2. The van der Waals surface area contributed by atoms with Crippen molar-refractivity contribution in [2.75, 3.05) is 18.1 Å². The molecule has 1 fully saturated rings. The molecule has 0 radical (unpaired) electrons. The first kappa shape index (κ1) is 15.0. The number of anilines is 1. The van der Waals surface area contributed by atoms with E-state index < -0.39 is 0 Å². The SMILES string of the molecule is CCOC(=O)c1c(C(C)C)csc1N1CCC(C)C1=O. The molecule has 4 nitrogen and oxygen atoms in total. The van der Waals surface area contributed by atoms with E-state index in [1.807, 2.05) is 26.2 Å². The van der Waals surface area contributed by atoms with Gasteiger partial charge in [0.15, 0.2) is 0 Å². The first-order valence-electron chi connectivity index (χ1n) is 7.07. The van der Waals surface area contributed by atoms with Crippen LogP contribution in [0.1, 0.15) is 56.0 Å². The Bertz CT molecular complexity index is 521. The first-order valence-corrected chi connectivity index (χ1v) is 7.95. The van der Waals surface area contributed by atoms with Crippen LogP contribution >= 0.6 is 11.3 Å². The van der Waals surface area contributed by atoms with Crippen molar-refractivity contribution in [2.24, 2.45) is 5.92 Å². The van der Waals surface area contributed by atoms with Crippen molar-refractivity contribution >= 4 is 28.2 Å². The van der Waals surface area contributed by atoms with E-state index in [1.54, 1.807) is 11.8 Å². The summed E-state index contributed by atoms with van der Waals surface area (Å²) >= 11 is 1.47. The lowest BCUT2D eigenvalue weighted by Gasteiger charge is -2.17. The molecule has 1 aliphatic rings. The van der Waals surface area contributed by atoms with Gasteiger partial charge in [-0.25, -0.2) is 4.79 Å². The Balaban J connectivity index is 2.43. The summed E-state index contributed by atoms with van der Waals surface area (Å²) in [4.78, 5) is 26.2. The number of hydrogen-bond acceptors (Lipinski definition) is 4. The van der Waals surface area contributed by atoms with Crippen LogP contribution < -0.4 is 4.90 Å². The first-order chi connectivity index (χ1) is 9.47. The summed E-state index contributed by atoms with van der Waals surface area (Å²) in [6.07, 6.45) is 0.843. The molecule has 1 aromatic heterocycles. The second kappa shape index (κ2) is 5.95. The fourth-order valence-corrected chi connectivity index (χ4v) is 3.67. The molecule has 20 heavy (non-hydrogen) atoms. The predicted molar refractivity (Wildman–Crippen MR) is 80.5 cm³/mol. The van der Waals surface area contributed by atoms with Crippen molar-refractivity contribution in [3.63, 3.8) is 0 Å². The van der Waals surface area contributed by atoms with Crippen LogP contribution in [0, 0.1) is 5.92 Å². The number of amides is 1. The largest absolute Gasteiger partial charge is 0.462 e. The van der Waals surface area contributed by atoms with Gasteiger partial charge in [0.25, 0.3) is 0 Å². The van der Waals surface area contributed by atoms with E-state index in [4.69, 9.17) is 4.74 Å². The Morgan fingerprint density at radius 1 is 1.55 bits per heavy atom. The molecule has 0 spiro atoms. The zero-order chi connectivity index (χ0) is 14.9. The summed E-state index contributed by atoms with van der Waals surface area (Å²) in [7, 11) is 0. The summed E-state index contributed by atoms with van der Waals surface area (Å²) in [5.41, 5.74) is 1.55. The lowest BCUT2D eigenvalue weighted by molar-refractivity contribution is -0.119. The maximum atomic E-state index is 12.2. The molecule has 110 valence electrons. The minimum Gasteiger partial charge on any atom is -0.462 e. The molecule has 1 saturated heterocycles. The van der Waals surface area contributed by atoms with Crippen LogP contribution in [-0.4, -0.2) is 25.0 Å². The Morgan fingerprint density at radius 2 is 2.25 bits per heavy atom. The maximum Gasteiger partial charge on any atom is 0.341 e. The third-order valence-electron chi connectivity index (χ3n) is 3.62. The monoisotopic (exact) mass is 295 g/mol. The quantitative estimate of drug-likeness (QED) is 0.800. The topological polar surface area (TPSA) is 46.6 Å². The van der Waals surface area contributed by atoms with Crippen LogP contribution in [-0.2, 0) is 9.53 Å². The highest BCUT2D eigenvalue weighted by atomic mass is 32.1. The molecule has 0 N–H and O–H groups in total. The number of thiophene rings is 1. The Kier molecular flexibility index (Phi) is 4.48. The molecular formula is C15H21NO3S.